The van der Waals surface area contributed by atoms with Crippen LogP contribution in [0.3, 0.4) is 0 Å². The molecule has 0 bridgehead atoms. The summed E-state index contributed by atoms with van der Waals surface area (Å²) < 4.78 is 5.34. The van der Waals surface area contributed by atoms with Crippen LogP contribution in [0.1, 0.15) is 23.7 Å². The van der Waals surface area contributed by atoms with Crippen LogP contribution in [0, 0.1) is 0 Å². The van der Waals surface area contributed by atoms with Gasteiger partial charge >= 0.3 is 0 Å². The molecule has 7 heteroatoms. The van der Waals surface area contributed by atoms with Gasteiger partial charge in [0.25, 0.3) is 0 Å². The van der Waals surface area contributed by atoms with E-state index in [2.05, 4.69) is 39.5 Å². The minimum absolute atomic E-state index is 0.166. The highest BCUT2D eigenvalue weighted by Gasteiger charge is 2.15. The highest BCUT2D eigenvalue weighted by atomic mass is 32.1. The smallest absolute Gasteiger partial charge is 0.246 e. The molecule has 0 unspecified atom stereocenters. The molecule has 1 aromatic carbocycles. The number of carbonyl (C=O) groups is 1. The van der Waals surface area contributed by atoms with E-state index in [4.69, 9.17) is 4.74 Å². The topological polar surface area (TPSA) is 66.8 Å². The molecule has 1 amide bonds. The van der Waals surface area contributed by atoms with Crippen molar-refractivity contribution >= 4 is 28.6 Å². The molecule has 0 atom stereocenters. The number of ether oxygens (including phenoxy) is 1. The average Bonchev–Trinajstić information content (AvgIpc) is 3.11. The van der Waals surface area contributed by atoms with Gasteiger partial charge in [0.2, 0.25) is 5.91 Å². The molecule has 1 N–H and O–H groups in total. The fourth-order valence-electron chi connectivity index (χ4n) is 2.50. The van der Waals surface area contributed by atoms with Gasteiger partial charge in [0.05, 0.1) is 31.5 Å². The van der Waals surface area contributed by atoms with Crippen molar-refractivity contribution in [2.45, 2.75) is 19.8 Å². The number of hydrogen-bond donors (Lipinski definition) is 1. The van der Waals surface area contributed by atoms with Crippen molar-refractivity contribution in [2.24, 2.45) is 5.10 Å². The molecule has 132 valence electrons. The Morgan fingerprint density at radius 1 is 1.36 bits per heavy atom. The molecule has 6 nitrogen and oxygen atoms in total. The zero-order valence-electron chi connectivity index (χ0n) is 14.3. The maximum absolute atomic E-state index is 12.0. The van der Waals surface area contributed by atoms with E-state index in [1.54, 1.807) is 17.6 Å². The number of aromatic nitrogens is 1. The number of carbonyl (C=O) groups excluding carboxylic acids is 1. The monoisotopic (exact) mass is 358 g/mol. The van der Waals surface area contributed by atoms with Crippen molar-refractivity contribution in [3.05, 3.63) is 46.5 Å². The largest absolute Gasteiger partial charge is 0.378 e. The average molecular weight is 358 g/mol. The van der Waals surface area contributed by atoms with Crippen LogP contribution in [0.15, 0.2) is 34.7 Å². The lowest BCUT2D eigenvalue weighted by Crippen LogP contribution is -2.36. The molecule has 2 aromatic rings. The van der Waals surface area contributed by atoms with Crippen molar-refractivity contribution in [2.75, 3.05) is 31.2 Å². The summed E-state index contributed by atoms with van der Waals surface area (Å²) in [5.74, 6) is -0.166. The Kier molecular flexibility index (Phi) is 6.14. The van der Waals surface area contributed by atoms with E-state index in [0.29, 0.717) is 0 Å². The molecule has 1 aromatic heterocycles. The standard InChI is InChI=1S/C18H22N4O2S/c1-2-14-3-5-15(6-4-14)12-19-21-17(23)11-16-13-25-18(20-16)22-7-9-24-10-8-22/h3-6,12-13H,2,7-11H2,1H3,(H,21,23)/b19-12-. The number of rotatable bonds is 6. The molecule has 1 fully saturated rings. The maximum atomic E-state index is 12.0. The summed E-state index contributed by atoms with van der Waals surface area (Å²) >= 11 is 1.56. The Balaban J connectivity index is 1.48. The molecule has 1 aliphatic rings. The number of amides is 1. The molecule has 0 saturated carbocycles. The van der Waals surface area contributed by atoms with Crippen LogP contribution < -0.4 is 10.3 Å². The van der Waals surface area contributed by atoms with Crippen molar-refractivity contribution < 1.29 is 9.53 Å². The second-order valence-corrected chi connectivity index (χ2v) is 6.62. The number of hydrogen-bond acceptors (Lipinski definition) is 6. The summed E-state index contributed by atoms with van der Waals surface area (Å²) in [6.45, 7) is 5.26. The fourth-order valence-corrected chi connectivity index (χ4v) is 3.38. The van der Waals surface area contributed by atoms with E-state index in [-0.39, 0.29) is 12.3 Å². The van der Waals surface area contributed by atoms with Crippen LogP contribution in [0.25, 0.3) is 0 Å². The second-order valence-electron chi connectivity index (χ2n) is 5.79. The van der Waals surface area contributed by atoms with E-state index < -0.39 is 0 Å². The highest BCUT2D eigenvalue weighted by Crippen LogP contribution is 2.21. The molecule has 1 saturated heterocycles. The van der Waals surface area contributed by atoms with E-state index in [9.17, 15) is 4.79 Å². The number of benzene rings is 1. The number of aryl methyl sites for hydroxylation is 1. The Bertz CT molecular complexity index is 721. The van der Waals surface area contributed by atoms with E-state index in [0.717, 1.165) is 49.1 Å². The zero-order chi connectivity index (χ0) is 17.5. The predicted molar refractivity (Wildman–Crippen MR) is 100 cm³/mol. The normalized spacial score (nSPS) is 14.8. The van der Waals surface area contributed by atoms with Gasteiger partial charge in [0.1, 0.15) is 0 Å². The lowest BCUT2D eigenvalue weighted by atomic mass is 10.1. The fraction of sp³-hybridized carbons (Fsp3) is 0.389. The molecule has 25 heavy (non-hydrogen) atoms. The molecule has 0 radical (unpaired) electrons. The lowest BCUT2D eigenvalue weighted by Gasteiger charge is -2.26. The van der Waals surface area contributed by atoms with Crippen LogP contribution in [-0.4, -0.2) is 43.4 Å². The summed E-state index contributed by atoms with van der Waals surface area (Å²) in [4.78, 5) is 18.7. The van der Waals surface area contributed by atoms with Gasteiger partial charge in [-0.25, -0.2) is 10.4 Å². The molecule has 2 heterocycles. The van der Waals surface area contributed by atoms with Gasteiger partial charge in [-0.3, -0.25) is 4.79 Å². The molecular weight excluding hydrogens is 336 g/mol. The van der Waals surface area contributed by atoms with E-state index >= 15 is 0 Å². The van der Waals surface area contributed by atoms with Crippen molar-refractivity contribution in [1.29, 1.82) is 0 Å². The van der Waals surface area contributed by atoms with Crippen molar-refractivity contribution in [3.8, 4) is 0 Å². The van der Waals surface area contributed by atoms with E-state index in [1.807, 2.05) is 17.5 Å². The summed E-state index contributed by atoms with van der Waals surface area (Å²) in [6.07, 6.45) is 2.89. The summed E-state index contributed by atoms with van der Waals surface area (Å²) in [5.41, 5.74) is 5.57. The number of anilines is 1. The lowest BCUT2D eigenvalue weighted by molar-refractivity contribution is -0.120. The molecule has 0 spiro atoms. The zero-order valence-corrected chi connectivity index (χ0v) is 15.1. The van der Waals surface area contributed by atoms with Gasteiger partial charge in [-0.05, 0) is 17.5 Å². The first kappa shape index (κ1) is 17.6. The number of hydrazone groups is 1. The van der Waals surface area contributed by atoms with Gasteiger partial charge in [0.15, 0.2) is 5.13 Å². The highest BCUT2D eigenvalue weighted by molar-refractivity contribution is 7.13. The number of thiazole rings is 1. The van der Waals surface area contributed by atoms with Crippen LogP contribution in [-0.2, 0) is 22.4 Å². The Morgan fingerprint density at radius 2 is 2.12 bits per heavy atom. The Labute approximate surface area is 151 Å². The first-order chi connectivity index (χ1) is 12.2. The number of nitrogens with zero attached hydrogens (tertiary/aromatic N) is 3. The van der Waals surface area contributed by atoms with Crippen molar-refractivity contribution in [3.63, 3.8) is 0 Å². The number of morpholine rings is 1. The molecular formula is C18H22N4O2S. The summed E-state index contributed by atoms with van der Waals surface area (Å²) in [6, 6.07) is 8.10. The van der Waals surface area contributed by atoms with Gasteiger partial charge in [-0.2, -0.15) is 5.10 Å². The molecule has 0 aliphatic carbocycles. The molecule has 3 rings (SSSR count). The van der Waals surface area contributed by atoms with Crippen LogP contribution in [0.5, 0.6) is 0 Å². The Hall–Kier alpha value is -2.25. The van der Waals surface area contributed by atoms with Crippen molar-refractivity contribution in [1.82, 2.24) is 10.4 Å². The van der Waals surface area contributed by atoms with Gasteiger partial charge < -0.3 is 9.64 Å². The third-order valence-corrected chi connectivity index (χ3v) is 4.90. The number of nitrogens with one attached hydrogen (secondary N) is 1. The first-order valence-electron chi connectivity index (χ1n) is 8.42. The Morgan fingerprint density at radius 3 is 2.84 bits per heavy atom. The van der Waals surface area contributed by atoms with Gasteiger partial charge in [0, 0.05) is 18.5 Å². The van der Waals surface area contributed by atoms with Crippen LogP contribution >= 0.6 is 11.3 Å². The predicted octanol–water partition coefficient (Wildman–Crippen LogP) is 2.23. The van der Waals surface area contributed by atoms with Crippen LogP contribution in [0.2, 0.25) is 0 Å². The van der Waals surface area contributed by atoms with Gasteiger partial charge in [-0.15, -0.1) is 11.3 Å². The van der Waals surface area contributed by atoms with Gasteiger partial charge in [-0.1, -0.05) is 31.2 Å². The minimum atomic E-state index is -0.166. The summed E-state index contributed by atoms with van der Waals surface area (Å²) in [7, 11) is 0. The SMILES string of the molecule is CCc1ccc(/C=N\NC(=O)Cc2csc(N3CCOCC3)n2)cc1. The molecule has 1 aliphatic heterocycles. The second kappa shape index (κ2) is 8.73. The maximum Gasteiger partial charge on any atom is 0.246 e. The first-order valence-corrected chi connectivity index (χ1v) is 9.30. The summed E-state index contributed by atoms with van der Waals surface area (Å²) in [5, 5.41) is 6.89. The quantitative estimate of drug-likeness (QED) is 0.635. The third kappa shape index (κ3) is 5.11. The van der Waals surface area contributed by atoms with Crippen LogP contribution in [0.4, 0.5) is 5.13 Å². The minimum Gasteiger partial charge on any atom is -0.378 e. The van der Waals surface area contributed by atoms with E-state index in [1.165, 1.54) is 5.56 Å². The third-order valence-electron chi connectivity index (χ3n) is 3.95.